The van der Waals surface area contributed by atoms with Crippen LogP contribution in [0.3, 0.4) is 0 Å². The molecule has 0 aromatic heterocycles. The Morgan fingerprint density at radius 1 is 1.21 bits per heavy atom. The van der Waals surface area contributed by atoms with E-state index in [4.69, 9.17) is 38.5 Å². The first-order chi connectivity index (χ1) is 11.5. The van der Waals surface area contributed by atoms with E-state index in [9.17, 15) is 4.79 Å². The molecule has 124 valence electrons. The van der Waals surface area contributed by atoms with Crippen molar-refractivity contribution < 1.29 is 14.4 Å². The Bertz CT molecular complexity index is 804. The molecule has 0 fully saturated rings. The van der Waals surface area contributed by atoms with Gasteiger partial charge in [0.15, 0.2) is 5.84 Å². The van der Waals surface area contributed by atoms with E-state index in [2.05, 4.69) is 5.16 Å². The zero-order valence-electron chi connectivity index (χ0n) is 12.7. The first kappa shape index (κ1) is 17.8. The van der Waals surface area contributed by atoms with E-state index in [0.717, 1.165) is 0 Å². The first-order valence-corrected chi connectivity index (χ1v) is 7.58. The average molecular weight is 365 g/mol. The molecule has 0 saturated heterocycles. The minimum Gasteiger partial charge on any atom is -0.496 e. The molecule has 0 aliphatic heterocycles. The molecular formula is C17H14Cl2N2O3. The maximum absolute atomic E-state index is 11.7. The van der Waals surface area contributed by atoms with Gasteiger partial charge in [-0.15, -0.1) is 0 Å². The summed E-state index contributed by atoms with van der Waals surface area (Å²) in [6.07, 6.45) is 2.73. The highest BCUT2D eigenvalue weighted by molar-refractivity contribution is 6.32. The summed E-state index contributed by atoms with van der Waals surface area (Å²) in [5.41, 5.74) is 6.92. The van der Waals surface area contributed by atoms with Crippen molar-refractivity contribution in [1.82, 2.24) is 0 Å². The van der Waals surface area contributed by atoms with Crippen LogP contribution in [0.1, 0.15) is 11.1 Å². The maximum Gasteiger partial charge on any atom is 0.358 e. The van der Waals surface area contributed by atoms with Gasteiger partial charge in [-0.25, -0.2) is 4.79 Å². The van der Waals surface area contributed by atoms with E-state index in [-0.39, 0.29) is 5.84 Å². The van der Waals surface area contributed by atoms with Crippen molar-refractivity contribution in [2.45, 2.75) is 0 Å². The number of nitrogens with zero attached hydrogens (tertiary/aromatic N) is 1. The van der Waals surface area contributed by atoms with E-state index in [0.29, 0.717) is 26.9 Å². The van der Waals surface area contributed by atoms with Gasteiger partial charge in [-0.1, -0.05) is 46.6 Å². The van der Waals surface area contributed by atoms with Crippen molar-refractivity contribution in [2.24, 2.45) is 10.9 Å². The lowest BCUT2D eigenvalue weighted by Gasteiger charge is -2.07. The van der Waals surface area contributed by atoms with Crippen LogP contribution in [0, 0.1) is 0 Å². The van der Waals surface area contributed by atoms with Gasteiger partial charge in [-0.05, 0) is 35.9 Å². The fourth-order valence-electron chi connectivity index (χ4n) is 1.82. The fourth-order valence-corrected chi connectivity index (χ4v) is 2.19. The highest BCUT2D eigenvalue weighted by atomic mass is 35.5. The molecule has 24 heavy (non-hydrogen) atoms. The number of nitrogens with two attached hydrogens (primary N) is 1. The second-order valence-corrected chi connectivity index (χ2v) is 5.43. The fraction of sp³-hybridized carbons (Fsp3) is 0.0588. The second kappa shape index (κ2) is 8.38. The van der Waals surface area contributed by atoms with Crippen LogP contribution in [0.15, 0.2) is 53.7 Å². The third-order valence-electron chi connectivity index (χ3n) is 2.98. The standard InChI is InChI=1S/C17H14Cl2N2O3/c1-23-15-8-7-12(18)10-13(15)17(20)21-24-16(22)9-6-11-4-2-3-5-14(11)19/h2-10H,1H3,(H2,20,21)/b9-6+. The zero-order valence-corrected chi connectivity index (χ0v) is 14.2. The van der Waals surface area contributed by atoms with Gasteiger partial charge in [0.2, 0.25) is 0 Å². The number of ether oxygens (including phenoxy) is 1. The highest BCUT2D eigenvalue weighted by Gasteiger charge is 2.09. The Kier molecular flexibility index (Phi) is 6.23. The van der Waals surface area contributed by atoms with Gasteiger partial charge < -0.3 is 15.3 Å². The van der Waals surface area contributed by atoms with E-state index in [1.54, 1.807) is 42.5 Å². The number of methoxy groups -OCH3 is 1. The molecule has 5 nitrogen and oxygen atoms in total. The summed E-state index contributed by atoms with van der Waals surface area (Å²) in [5, 5.41) is 4.57. The summed E-state index contributed by atoms with van der Waals surface area (Å²) >= 11 is 11.9. The molecule has 0 atom stereocenters. The Morgan fingerprint density at radius 2 is 1.96 bits per heavy atom. The van der Waals surface area contributed by atoms with Crippen molar-refractivity contribution in [3.63, 3.8) is 0 Å². The van der Waals surface area contributed by atoms with Crippen LogP contribution in [0.25, 0.3) is 6.08 Å². The zero-order chi connectivity index (χ0) is 17.5. The molecule has 0 saturated carbocycles. The largest absolute Gasteiger partial charge is 0.496 e. The van der Waals surface area contributed by atoms with Crippen molar-refractivity contribution in [3.05, 3.63) is 69.7 Å². The van der Waals surface area contributed by atoms with Crippen LogP contribution in [-0.4, -0.2) is 18.9 Å². The molecule has 0 amide bonds. The van der Waals surface area contributed by atoms with Crippen LogP contribution >= 0.6 is 23.2 Å². The monoisotopic (exact) mass is 364 g/mol. The molecule has 0 aliphatic carbocycles. The number of rotatable bonds is 5. The first-order valence-electron chi connectivity index (χ1n) is 6.82. The Balaban J connectivity index is 2.08. The molecule has 0 bridgehead atoms. The molecule has 0 spiro atoms. The Hall–Kier alpha value is -2.50. The van der Waals surface area contributed by atoms with Gasteiger partial charge in [-0.3, -0.25) is 0 Å². The Morgan fingerprint density at radius 3 is 2.67 bits per heavy atom. The van der Waals surface area contributed by atoms with Gasteiger partial charge in [0.05, 0.1) is 12.7 Å². The van der Waals surface area contributed by atoms with Crippen LogP contribution in [-0.2, 0) is 9.63 Å². The van der Waals surface area contributed by atoms with Crippen molar-refractivity contribution in [2.75, 3.05) is 7.11 Å². The van der Waals surface area contributed by atoms with Crippen LogP contribution in [0.2, 0.25) is 10.0 Å². The number of halogens is 2. The van der Waals surface area contributed by atoms with E-state index in [1.165, 1.54) is 19.3 Å². The predicted molar refractivity (Wildman–Crippen MR) is 95.3 cm³/mol. The highest BCUT2D eigenvalue weighted by Crippen LogP contribution is 2.22. The number of amidine groups is 1. The predicted octanol–water partition coefficient (Wildman–Crippen LogP) is 3.88. The lowest BCUT2D eigenvalue weighted by Crippen LogP contribution is -2.16. The molecule has 2 aromatic rings. The van der Waals surface area contributed by atoms with Crippen LogP contribution < -0.4 is 10.5 Å². The molecule has 2 N–H and O–H groups in total. The van der Waals surface area contributed by atoms with Crippen molar-refractivity contribution in [1.29, 1.82) is 0 Å². The second-order valence-electron chi connectivity index (χ2n) is 4.59. The third kappa shape index (κ3) is 4.75. The summed E-state index contributed by atoms with van der Waals surface area (Å²) < 4.78 is 5.16. The molecule has 0 unspecified atom stereocenters. The van der Waals surface area contributed by atoms with Gasteiger partial charge in [-0.2, -0.15) is 0 Å². The summed E-state index contributed by atoms with van der Waals surface area (Å²) in [6, 6.07) is 11.9. The summed E-state index contributed by atoms with van der Waals surface area (Å²) in [4.78, 5) is 16.5. The van der Waals surface area contributed by atoms with Gasteiger partial charge in [0.25, 0.3) is 0 Å². The topological polar surface area (TPSA) is 73.9 Å². The number of oxime groups is 1. The molecule has 2 rings (SSSR count). The molecule has 2 aromatic carbocycles. The summed E-state index contributed by atoms with van der Waals surface area (Å²) in [6.45, 7) is 0. The quantitative estimate of drug-likeness (QED) is 0.287. The molecule has 7 heteroatoms. The summed E-state index contributed by atoms with van der Waals surface area (Å²) in [5.74, 6) is -0.268. The number of hydrogen-bond donors (Lipinski definition) is 1. The van der Waals surface area contributed by atoms with Gasteiger partial charge >= 0.3 is 5.97 Å². The Labute approximate surface area is 149 Å². The third-order valence-corrected chi connectivity index (χ3v) is 3.55. The number of carbonyl (C=O) groups excluding carboxylic acids is 1. The molecule has 0 heterocycles. The van der Waals surface area contributed by atoms with Crippen LogP contribution in [0.5, 0.6) is 5.75 Å². The number of hydrogen-bond acceptors (Lipinski definition) is 4. The molecule has 0 radical (unpaired) electrons. The normalized spacial score (nSPS) is 11.5. The number of benzene rings is 2. The average Bonchev–Trinajstić information content (AvgIpc) is 2.59. The smallest absolute Gasteiger partial charge is 0.358 e. The number of carbonyl (C=O) groups is 1. The maximum atomic E-state index is 11.7. The van der Waals surface area contributed by atoms with Gasteiger partial charge in [0, 0.05) is 16.1 Å². The molecular weight excluding hydrogens is 351 g/mol. The van der Waals surface area contributed by atoms with E-state index >= 15 is 0 Å². The molecule has 0 aliphatic rings. The lowest BCUT2D eigenvalue weighted by molar-refractivity contribution is -0.137. The lowest BCUT2D eigenvalue weighted by atomic mass is 10.2. The van der Waals surface area contributed by atoms with E-state index in [1.807, 2.05) is 0 Å². The minimum atomic E-state index is -0.695. The summed E-state index contributed by atoms with van der Waals surface area (Å²) in [7, 11) is 1.48. The van der Waals surface area contributed by atoms with Crippen molar-refractivity contribution in [3.8, 4) is 5.75 Å². The van der Waals surface area contributed by atoms with E-state index < -0.39 is 5.97 Å². The van der Waals surface area contributed by atoms with Crippen LogP contribution in [0.4, 0.5) is 0 Å². The van der Waals surface area contributed by atoms with Gasteiger partial charge in [0.1, 0.15) is 5.75 Å². The van der Waals surface area contributed by atoms with Crippen molar-refractivity contribution >= 4 is 41.1 Å². The minimum absolute atomic E-state index is 0.0335. The SMILES string of the molecule is COc1ccc(Cl)cc1/C(N)=N/OC(=O)/C=C/c1ccccc1Cl.